The molecule has 2 saturated heterocycles. The summed E-state index contributed by atoms with van der Waals surface area (Å²) in [6.45, 7) is 3.90. The summed E-state index contributed by atoms with van der Waals surface area (Å²) in [7, 11) is 0. The first-order valence-corrected chi connectivity index (χ1v) is 6.40. The van der Waals surface area contributed by atoms with Gasteiger partial charge in [0, 0.05) is 24.7 Å². The van der Waals surface area contributed by atoms with Gasteiger partial charge in [0.05, 0.1) is 0 Å². The van der Waals surface area contributed by atoms with E-state index in [1.165, 1.54) is 64.6 Å². The maximum Gasteiger partial charge on any atom is 0.0339 e. The number of rotatable bonds is 0. The lowest BCUT2D eigenvalue weighted by Gasteiger charge is -2.44. The molecule has 3 rings (SSSR count). The average molecular weight is 194 g/mol. The minimum absolute atomic E-state index is 0.579. The fourth-order valence-corrected chi connectivity index (χ4v) is 3.45. The summed E-state index contributed by atoms with van der Waals surface area (Å²) in [5.74, 6) is 0. The largest absolute Gasteiger partial charge is 0.308 e. The summed E-state index contributed by atoms with van der Waals surface area (Å²) < 4.78 is 0. The summed E-state index contributed by atoms with van der Waals surface area (Å²) in [6.07, 6.45) is 10.2. The monoisotopic (exact) mass is 194 g/mol. The second kappa shape index (κ2) is 3.49. The number of nitrogens with one attached hydrogen (secondary N) is 1. The highest BCUT2D eigenvalue weighted by Gasteiger charge is 2.52. The lowest BCUT2D eigenvalue weighted by molar-refractivity contribution is 0.0890. The van der Waals surface area contributed by atoms with E-state index in [9.17, 15) is 0 Å². The van der Waals surface area contributed by atoms with Crippen LogP contribution in [-0.2, 0) is 0 Å². The maximum absolute atomic E-state index is 3.78. The fourth-order valence-electron chi connectivity index (χ4n) is 3.45. The molecule has 0 aromatic heterocycles. The van der Waals surface area contributed by atoms with Gasteiger partial charge in [-0.15, -0.1) is 0 Å². The van der Waals surface area contributed by atoms with Crippen LogP contribution in [0.3, 0.4) is 0 Å². The zero-order valence-electron chi connectivity index (χ0n) is 9.10. The van der Waals surface area contributed by atoms with Crippen molar-refractivity contribution in [2.24, 2.45) is 0 Å². The van der Waals surface area contributed by atoms with Crippen LogP contribution >= 0.6 is 0 Å². The molecule has 80 valence electrons. The smallest absolute Gasteiger partial charge is 0.0339 e. The summed E-state index contributed by atoms with van der Waals surface area (Å²) in [6, 6.07) is 0.886. The molecule has 1 spiro atoms. The van der Waals surface area contributed by atoms with Crippen molar-refractivity contribution in [2.45, 2.75) is 56.5 Å². The maximum atomic E-state index is 3.78. The SMILES string of the molecule is C1CCCN2CCNC3(CC3)C2CC1. The molecule has 2 heteroatoms. The second-order valence-electron chi connectivity index (χ2n) is 5.34. The van der Waals surface area contributed by atoms with Gasteiger partial charge in [-0.05, 0) is 32.2 Å². The molecule has 2 nitrogen and oxygen atoms in total. The van der Waals surface area contributed by atoms with E-state index in [1.54, 1.807) is 0 Å². The highest BCUT2D eigenvalue weighted by molar-refractivity contribution is 5.13. The predicted octanol–water partition coefficient (Wildman–Crippen LogP) is 1.76. The van der Waals surface area contributed by atoms with Crippen LogP contribution in [0, 0.1) is 0 Å². The third kappa shape index (κ3) is 1.49. The van der Waals surface area contributed by atoms with Gasteiger partial charge in [0.2, 0.25) is 0 Å². The highest BCUT2D eigenvalue weighted by atomic mass is 15.3. The molecule has 0 aromatic carbocycles. The van der Waals surface area contributed by atoms with Crippen LogP contribution in [0.15, 0.2) is 0 Å². The van der Waals surface area contributed by atoms with Crippen molar-refractivity contribution in [1.82, 2.24) is 10.2 Å². The molecule has 14 heavy (non-hydrogen) atoms. The van der Waals surface area contributed by atoms with Crippen LogP contribution in [0.4, 0.5) is 0 Å². The van der Waals surface area contributed by atoms with Gasteiger partial charge in [0.25, 0.3) is 0 Å². The zero-order valence-corrected chi connectivity index (χ0v) is 9.10. The molecular weight excluding hydrogens is 172 g/mol. The molecule has 1 N–H and O–H groups in total. The Kier molecular flexibility index (Phi) is 2.29. The van der Waals surface area contributed by atoms with Gasteiger partial charge in [-0.2, -0.15) is 0 Å². The second-order valence-corrected chi connectivity index (χ2v) is 5.34. The van der Waals surface area contributed by atoms with E-state index in [0.717, 1.165) is 6.04 Å². The van der Waals surface area contributed by atoms with Gasteiger partial charge in [0.15, 0.2) is 0 Å². The third-order valence-corrected chi connectivity index (χ3v) is 4.42. The Morgan fingerprint density at radius 2 is 1.86 bits per heavy atom. The van der Waals surface area contributed by atoms with Crippen LogP contribution in [-0.4, -0.2) is 36.1 Å². The first-order chi connectivity index (χ1) is 6.91. The molecule has 0 amide bonds. The Bertz CT molecular complexity index is 210. The van der Waals surface area contributed by atoms with E-state index in [1.807, 2.05) is 0 Å². The number of hydrogen-bond donors (Lipinski definition) is 1. The summed E-state index contributed by atoms with van der Waals surface area (Å²) >= 11 is 0. The van der Waals surface area contributed by atoms with E-state index < -0.39 is 0 Å². The van der Waals surface area contributed by atoms with Crippen molar-refractivity contribution >= 4 is 0 Å². The molecule has 2 aliphatic heterocycles. The zero-order chi connectivity index (χ0) is 9.43. The molecule has 2 heterocycles. The van der Waals surface area contributed by atoms with Gasteiger partial charge in [-0.25, -0.2) is 0 Å². The van der Waals surface area contributed by atoms with Crippen LogP contribution < -0.4 is 5.32 Å². The van der Waals surface area contributed by atoms with Crippen LogP contribution in [0.25, 0.3) is 0 Å². The molecule has 0 bridgehead atoms. The van der Waals surface area contributed by atoms with Gasteiger partial charge < -0.3 is 5.32 Å². The van der Waals surface area contributed by atoms with Crippen molar-refractivity contribution < 1.29 is 0 Å². The number of piperazine rings is 1. The van der Waals surface area contributed by atoms with Crippen molar-refractivity contribution in [2.75, 3.05) is 19.6 Å². The molecule has 1 aliphatic carbocycles. The van der Waals surface area contributed by atoms with E-state index in [-0.39, 0.29) is 0 Å². The van der Waals surface area contributed by atoms with Crippen molar-refractivity contribution in [3.63, 3.8) is 0 Å². The lowest BCUT2D eigenvalue weighted by atomic mass is 9.92. The summed E-state index contributed by atoms with van der Waals surface area (Å²) in [4.78, 5) is 2.78. The van der Waals surface area contributed by atoms with Crippen molar-refractivity contribution in [1.29, 1.82) is 0 Å². The van der Waals surface area contributed by atoms with Crippen LogP contribution in [0.5, 0.6) is 0 Å². The lowest BCUT2D eigenvalue weighted by Crippen LogP contribution is -2.60. The van der Waals surface area contributed by atoms with Gasteiger partial charge in [-0.3, -0.25) is 4.90 Å². The van der Waals surface area contributed by atoms with Gasteiger partial charge in [-0.1, -0.05) is 19.3 Å². The molecule has 1 unspecified atom stereocenters. The Hall–Kier alpha value is -0.0800. The molecular formula is C12H22N2. The van der Waals surface area contributed by atoms with Crippen LogP contribution in [0.1, 0.15) is 44.9 Å². The number of fused-ring (bicyclic) bond motifs is 2. The molecule has 3 aliphatic rings. The number of nitrogens with zero attached hydrogens (tertiary/aromatic N) is 1. The molecule has 0 radical (unpaired) electrons. The number of hydrogen-bond acceptors (Lipinski definition) is 2. The Balaban J connectivity index is 1.74. The van der Waals surface area contributed by atoms with E-state index in [2.05, 4.69) is 10.2 Å². The first kappa shape index (κ1) is 9.17. The third-order valence-electron chi connectivity index (χ3n) is 4.42. The predicted molar refractivity (Wildman–Crippen MR) is 58.4 cm³/mol. The quantitative estimate of drug-likeness (QED) is 0.632. The topological polar surface area (TPSA) is 15.3 Å². The van der Waals surface area contributed by atoms with E-state index >= 15 is 0 Å². The first-order valence-electron chi connectivity index (χ1n) is 6.40. The van der Waals surface area contributed by atoms with E-state index in [4.69, 9.17) is 0 Å². The van der Waals surface area contributed by atoms with Crippen molar-refractivity contribution in [3.05, 3.63) is 0 Å². The summed E-state index contributed by atoms with van der Waals surface area (Å²) in [5, 5.41) is 3.78. The Morgan fingerprint density at radius 3 is 2.71 bits per heavy atom. The molecule has 0 aromatic rings. The minimum Gasteiger partial charge on any atom is -0.308 e. The summed E-state index contributed by atoms with van der Waals surface area (Å²) in [5.41, 5.74) is 0.579. The minimum atomic E-state index is 0.579. The fraction of sp³-hybridized carbons (Fsp3) is 1.00. The van der Waals surface area contributed by atoms with Gasteiger partial charge in [0.1, 0.15) is 0 Å². The Morgan fingerprint density at radius 1 is 1.00 bits per heavy atom. The standard InChI is InChI=1S/C12H22N2/c1-2-4-9-14-10-8-13-12(6-7-12)11(14)5-3-1/h11,13H,1-10H2. The van der Waals surface area contributed by atoms with E-state index in [0.29, 0.717) is 5.54 Å². The highest BCUT2D eigenvalue weighted by Crippen LogP contribution is 2.44. The van der Waals surface area contributed by atoms with Gasteiger partial charge >= 0.3 is 0 Å². The average Bonchev–Trinajstić information content (AvgIpc) is 2.89. The Labute approximate surface area is 87.0 Å². The molecule has 1 saturated carbocycles. The normalized spacial score (nSPS) is 37.3. The molecule has 1 atom stereocenters. The molecule has 3 fully saturated rings. The van der Waals surface area contributed by atoms with Crippen LogP contribution in [0.2, 0.25) is 0 Å². The van der Waals surface area contributed by atoms with Crippen molar-refractivity contribution in [3.8, 4) is 0 Å².